The molecule has 0 aromatic carbocycles. The van der Waals surface area contributed by atoms with E-state index in [1.807, 2.05) is 0 Å². The summed E-state index contributed by atoms with van der Waals surface area (Å²) in [6, 6.07) is 1.20. The number of carbonyl (C=O) groups is 1. The lowest BCUT2D eigenvalue weighted by Gasteiger charge is -2.44. The lowest BCUT2D eigenvalue weighted by atomic mass is 10.0. The minimum Gasteiger partial charge on any atom is -0.373 e. The fraction of sp³-hybridized carbons (Fsp3) is 0.850. The molecule has 4 atom stereocenters. The SMILES string of the molecule is CC1CN(C2CCN(CC(=O)N3C4CCC3c3snnc3C4)CC2)CC(C)O1. The van der Waals surface area contributed by atoms with Crippen molar-refractivity contribution < 1.29 is 9.53 Å². The number of aromatic nitrogens is 2. The summed E-state index contributed by atoms with van der Waals surface area (Å²) in [7, 11) is 0. The Labute approximate surface area is 171 Å². The molecule has 0 saturated carbocycles. The maximum absolute atomic E-state index is 13.1. The largest absolute Gasteiger partial charge is 0.373 e. The van der Waals surface area contributed by atoms with Crippen molar-refractivity contribution in [1.29, 1.82) is 0 Å². The van der Waals surface area contributed by atoms with Crippen molar-refractivity contribution in [2.24, 2.45) is 0 Å². The van der Waals surface area contributed by atoms with Gasteiger partial charge in [0.15, 0.2) is 0 Å². The predicted molar refractivity (Wildman–Crippen MR) is 107 cm³/mol. The van der Waals surface area contributed by atoms with Gasteiger partial charge in [-0.15, -0.1) is 5.10 Å². The molecule has 7 nitrogen and oxygen atoms in total. The molecule has 5 heterocycles. The van der Waals surface area contributed by atoms with Crippen LogP contribution in [-0.2, 0) is 16.0 Å². The zero-order valence-corrected chi connectivity index (χ0v) is 17.7. The number of ether oxygens (including phenoxy) is 1. The Balaban J connectivity index is 1.16. The molecular weight excluding hydrogens is 374 g/mol. The smallest absolute Gasteiger partial charge is 0.237 e. The predicted octanol–water partition coefficient (Wildman–Crippen LogP) is 1.70. The third-order valence-electron chi connectivity index (χ3n) is 6.99. The fourth-order valence-corrected chi connectivity index (χ4v) is 6.59. The molecule has 1 aromatic rings. The van der Waals surface area contributed by atoms with Gasteiger partial charge in [-0.25, -0.2) is 0 Å². The van der Waals surface area contributed by atoms with Crippen molar-refractivity contribution in [1.82, 2.24) is 24.3 Å². The zero-order chi connectivity index (χ0) is 19.3. The number of hydrogen-bond acceptors (Lipinski definition) is 7. The Morgan fingerprint density at radius 3 is 2.61 bits per heavy atom. The number of fused-ring (bicyclic) bond motifs is 4. The van der Waals surface area contributed by atoms with E-state index in [0.717, 1.165) is 64.0 Å². The summed E-state index contributed by atoms with van der Waals surface area (Å²) in [5.74, 6) is 0.304. The van der Waals surface area contributed by atoms with Crippen molar-refractivity contribution in [2.75, 3.05) is 32.7 Å². The van der Waals surface area contributed by atoms with Crippen molar-refractivity contribution in [3.63, 3.8) is 0 Å². The Morgan fingerprint density at radius 2 is 1.86 bits per heavy atom. The highest BCUT2D eigenvalue weighted by Gasteiger charge is 2.44. The van der Waals surface area contributed by atoms with Crippen LogP contribution in [0.5, 0.6) is 0 Å². The minimum atomic E-state index is 0.232. The molecule has 3 fully saturated rings. The summed E-state index contributed by atoms with van der Waals surface area (Å²) in [5.41, 5.74) is 1.14. The summed E-state index contributed by atoms with van der Waals surface area (Å²) < 4.78 is 10.0. The zero-order valence-electron chi connectivity index (χ0n) is 16.9. The molecule has 5 rings (SSSR count). The van der Waals surface area contributed by atoms with E-state index in [1.54, 1.807) is 0 Å². The molecule has 4 aliphatic rings. The highest BCUT2D eigenvalue weighted by molar-refractivity contribution is 7.05. The van der Waals surface area contributed by atoms with Crippen LogP contribution in [0.1, 0.15) is 56.1 Å². The normalized spacial score (nSPS) is 34.6. The first kappa shape index (κ1) is 18.9. The monoisotopic (exact) mass is 405 g/mol. The number of hydrogen-bond donors (Lipinski definition) is 0. The van der Waals surface area contributed by atoms with Gasteiger partial charge in [0.2, 0.25) is 5.91 Å². The van der Waals surface area contributed by atoms with Crippen molar-refractivity contribution in [3.8, 4) is 0 Å². The number of carbonyl (C=O) groups excluding carboxylic acids is 1. The van der Waals surface area contributed by atoms with Crippen molar-refractivity contribution in [2.45, 2.75) is 76.3 Å². The van der Waals surface area contributed by atoms with Gasteiger partial charge in [-0.2, -0.15) is 0 Å². The third kappa shape index (κ3) is 3.49. The highest BCUT2D eigenvalue weighted by Crippen LogP contribution is 2.44. The summed E-state index contributed by atoms with van der Waals surface area (Å²) in [6.07, 6.45) is 6.03. The quantitative estimate of drug-likeness (QED) is 0.763. The van der Waals surface area contributed by atoms with Gasteiger partial charge in [-0.3, -0.25) is 14.6 Å². The number of likely N-dealkylation sites (tertiary alicyclic amines) is 1. The van der Waals surface area contributed by atoms with Crippen LogP contribution in [0, 0.1) is 0 Å². The first-order valence-corrected chi connectivity index (χ1v) is 11.6. The molecule has 3 saturated heterocycles. The van der Waals surface area contributed by atoms with Gasteiger partial charge in [-0.05, 0) is 51.1 Å². The maximum Gasteiger partial charge on any atom is 0.237 e. The van der Waals surface area contributed by atoms with Crippen molar-refractivity contribution in [3.05, 3.63) is 10.6 Å². The fourth-order valence-electron chi connectivity index (χ4n) is 5.78. The van der Waals surface area contributed by atoms with Crippen LogP contribution in [0.15, 0.2) is 0 Å². The molecular formula is C20H31N5O2S. The van der Waals surface area contributed by atoms with Gasteiger partial charge >= 0.3 is 0 Å². The van der Waals surface area contributed by atoms with E-state index in [0.29, 0.717) is 36.7 Å². The van der Waals surface area contributed by atoms with Crippen LogP contribution in [0.2, 0.25) is 0 Å². The first-order valence-electron chi connectivity index (χ1n) is 10.8. The number of piperidine rings is 1. The molecule has 28 heavy (non-hydrogen) atoms. The first-order chi connectivity index (χ1) is 13.6. The third-order valence-corrected chi connectivity index (χ3v) is 7.86. The number of nitrogens with zero attached hydrogens (tertiary/aromatic N) is 5. The molecule has 0 spiro atoms. The Morgan fingerprint density at radius 1 is 1.11 bits per heavy atom. The van der Waals surface area contributed by atoms with Gasteiger partial charge in [0.1, 0.15) is 0 Å². The average molecular weight is 406 g/mol. The van der Waals surface area contributed by atoms with E-state index in [-0.39, 0.29) is 6.04 Å². The number of amides is 1. The summed E-state index contributed by atoms with van der Waals surface area (Å²) in [6.45, 7) is 9.03. The van der Waals surface area contributed by atoms with Crippen LogP contribution >= 0.6 is 11.5 Å². The van der Waals surface area contributed by atoms with Crippen LogP contribution in [0.25, 0.3) is 0 Å². The molecule has 154 valence electrons. The molecule has 4 unspecified atom stereocenters. The van der Waals surface area contributed by atoms with Gasteiger partial charge in [0.25, 0.3) is 0 Å². The number of rotatable bonds is 3. The molecule has 1 aromatic heterocycles. The molecule has 2 bridgehead atoms. The van der Waals surface area contributed by atoms with Crippen LogP contribution in [0.4, 0.5) is 0 Å². The van der Waals surface area contributed by atoms with Gasteiger partial charge < -0.3 is 9.64 Å². The standard InChI is InChI=1S/C20H31N5O2S/c1-13-10-24(11-14(2)27-13)15-5-7-23(8-6-15)12-19(26)25-16-3-4-18(25)20-17(9-16)21-22-28-20/h13-16,18H,3-12H2,1-2H3. The highest BCUT2D eigenvalue weighted by atomic mass is 32.1. The minimum absolute atomic E-state index is 0.232. The van der Waals surface area contributed by atoms with E-state index >= 15 is 0 Å². The second kappa shape index (κ2) is 7.63. The lowest BCUT2D eigenvalue weighted by molar-refractivity contribution is -0.136. The Hall–Kier alpha value is -1.09. The van der Waals surface area contributed by atoms with E-state index in [9.17, 15) is 4.79 Å². The van der Waals surface area contributed by atoms with Gasteiger partial charge in [-0.1, -0.05) is 4.49 Å². The van der Waals surface area contributed by atoms with E-state index in [4.69, 9.17) is 4.74 Å². The van der Waals surface area contributed by atoms with Crippen LogP contribution < -0.4 is 0 Å². The number of morpholine rings is 1. The molecule has 0 N–H and O–H groups in total. The van der Waals surface area contributed by atoms with Gasteiger partial charge in [0.05, 0.1) is 35.4 Å². The topological polar surface area (TPSA) is 61.8 Å². The second-order valence-electron chi connectivity index (χ2n) is 9.05. The average Bonchev–Trinajstić information content (AvgIpc) is 3.26. The molecule has 0 aliphatic carbocycles. The Bertz CT molecular complexity index is 709. The van der Waals surface area contributed by atoms with Crippen molar-refractivity contribution >= 4 is 17.4 Å². The van der Waals surface area contributed by atoms with E-state index in [2.05, 4.69) is 38.1 Å². The molecule has 4 aliphatic heterocycles. The van der Waals surface area contributed by atoms with Crippen LogP contribution in [-0.4, -0.2) is 87.2 Å². The molecule has 0 radical (unpaired) electrons. The summed E-state index contributed by atoms with van der Waals surface area (Å²) in [4.78, 5) is 21.5. The van der Waals surface area contributed by atoms with Crippen LogP contribution in [0.3, 0.4) is 0 Å². The van der Waals surface area contributed by atoms with E-state index in [1.165, 1.54) is 16.4 Å². The summed E-state index contributed by atoms with van der Waals surface area (Å²) >= 11 is 1.48. The Kier molecular flexibility index (Phi) is 5.15. The summed E-state index contributed by atoms with van der Waals surface area (Å²) in [5, 5.41) is 4.28. The maximum atomic E-state index is 13.1. The van der Waals surface area contributed by atoms with E-state index < -0.39 is 0 Å². The lowest BCUT2D eigenvalue weighted by Crippen LogP contribution is -2.54. The molecule has 1 amide bonds. The molecule has 8 heteroatoms. The van der Waals surface area contributed by atoms with Gasteiger partial charge in [0, 0.05) is 44.7 Å². The second-order valence-corrected chi connectivity index (χ2v) is 9.84.